The van der Waals surface area contributed by atoms with Crippen LogP contribution in [0.4, 0.5) is 0 Å². The number of ether oxygens (including phenoxy) is 1. The van der Waals surface area contributed by atoms with Crippen LogP contribution >= 0.6 is 0 Å². The number of rotatable bonds is 16. The molecule has 0 aromatic carbocycles. The second-order valence-electron chi connectivity index (χ2n) is 9.45. The Morgan fingerprint density at radius 1 is 1.10 bits per heavy atom. The molecule has 0 atom stereocenters. The van der Waals surface area contributed by atoms with Crippen molar-refractivity contribution in [1.29, 1.82) is 0 Å². The molecule has 0 bridgehead atoms. The third-order valence-corrected chi connectivity index (χ3v) is 4.98. The van der Waals surface area contributed by atoms with Crippen molar-refractivity contribution in [3.8, 4) is 0 Å². The van der Waals surface area contributed by atoms with E-state index in [1.165, 1.54) is 0 Å². The number of aromatic nitrogens is 3. The van der Waals surface area contributed by atoms with Crippen LogP contribution < -0.4 is 10.6 Å². The van der Waals surface area contributed by atoms with Crippen molar-refractivity contribution in [1.82, 2.24) is 25.6 Å². The Balaban J connectivity index is 2.14. The summed E-state index contributed by atoms with van der Waals surface area (Å²) < 4.78 is 7.82. The molecule has 9 nitrogen and oxygen atoms in total. The quantitative estimate of drug-likeness (QED) is 0.379. The number of hydrogen-bond donors (Lipinski definition) is 2. The summed E-state index contributed by atoms with van der Waals surface area (Å²) in [7, 11) is 4.18. The fourth-order valence-corrected chi connectivity index (χ4v) is 2.89. The average Bonchev–Trinajstić information content (AvgIpc) is 3.12. The largest absolute Gasteiger partial charge is 0.369 e. The first-order chi connectivity index (χ1) is 14.6. The Hall–Kier alpha value is -2.00. The van der Waals surface area contributed by atoms with Crippen LogP contribution in [0.15, 0.2) is 6.20 Å². The number of likely N-dealkylation sites (N-methyl/N-ethyl adjacent to an activating group) is 1. The molecule has 1 aromatic heterocycles. The molecule has 31 heavy (non-hydrogen) atoms. The van der Waals surface area contributed by atoms with E-state index in [0.29, 0.717) is 36.5 Å². The zero-order valence-electron chi connectivity index (χ0n) is 20.3. The van der Waals surface area contributed by atoms with E-state index in [1.807, 2.05) is 24.7 Å². The van der Waals surface area contributed by atoms with Gasteiger partial charge in [0.2, 0.25) is 11.8 Å². The molecule has 0 saturated heterocycles. The number of nitrogens with one attached hydrogen (secondary N) is 2. The first kappa shape index (κ1) is 27.0. The van der Waals surface area contributed by atoms with Gasteiger partial charge in [-0.05, 0) is 39.0 Å². The summed E-state index contributed by atoms with van der Waals surface area (Å²) in [6, 6.07) is 0. The van der Waals surface area contributed by atoms with Gasteiger partial charge in [0.05, 0.1) is 52.1 Å². The van der Waals surface area contributed by atoms with Gasteiger partial charge in [0.1, 0.15) is 6.61 Å². The number of carbonyl (C=O) groups is 2. The first-order valence-electron chi connectivity index (χ1n) is 11.4. The molecule has 1 aromatic rings. The van der Waals surface area contributed by atoms with E-state index < -0.39 is 0 Å². The molecule has 0 spiro atoms. The van der Waals surface area contributed by atoms with E-state index in [-0.39, 0.29) is 24.5 Å². The molecule has 9 heteroatoms. The van der Waals surface area contributed by atoms with Crippen molar-refractivity contribution < 1.29 is 18.8 Å². The predicted octanol–water partition coefficient (Wildman–Crippen LogP) is 1.38. The third-order valence-electron chi connectivity index (χ3n) is 4.98. The van der Waals surface area contributed by atoms with Gasteiger partial charge in [0, 0.05) is 19.2 Å². The fourth-order valence-electron chi connectivity index (χ4n) is 2.89. The number of carbonyl (C=O) groups excluding carboxylic acids is 2. The molecule has 2 N–H and O–H groups in total. The van der Waals surface area contributed by atoms with Gasteiger partial charge in [0.25, 0.3) is 0 Å². The molecular formula is C22H43N6O3+. The van der Waals surface area contributed by atoms with Crippen LogP contribution in [0.2, 0.25) is 0 Å². The summed E-state index contributed by atoms with van der Waals surface area (Å²) in [4.78, 5) is 23.8. The SMILES string of the molecule is CC(C)CCc1cn(CCCC(=O)NCC[N+](C)(C)CCNC(=O)COC(C)C)nn1. The van der Waals surface area contributed by atoms with Gasteiger partial charge in [-0.25, -0.2) is 0 Å². The minimum atomic E-state index is -0.0959. The maximum absolute atomic E-state index is 12.1. The maximum Gasteiger partial charge on any atom is 0.246 e. The van der Waals surface area contributed by atoms with Crippen LogP contribution in [0.3, 0.4) is 0 Å². The lowest BCUT2D eigenvalue weighted by atomic mass is 10.1. The highest BCUT2D eigenvalue weighted by Gasteiger charge is 2.15. The molecular weight excluding hydrogens is 396 g/mol. The highest BCUT2D eigenvalue weighted by molar-refractivity contribution is 5.77. The Kier molecular flexibility index (Phi) is 12.3. The number of hydrogen-bond acceptors (Lipinski definition) is 5. The van der Waals surface area contributed by atoms with Gasteiger partial charge < -0.3 is 19.9 Å². The number of quaternary nitrogens is 1. The Morgan fingerprint density at radius 3 is 2.35 bits per heavy atom. The third kappa shape index (κ3) is 13.8. The van der Waals surface area contributed by atoms with Gasteiger partial charge in [-0.1, -0.05) is 19.1 Å². The molecule has 0 radical (unpaired) electrons. The summed E-state index contributed by atoms with van der Waals surface area (Å²) in [5.41, 5.74) is 1.02. The van der Waals surface area contributed by atoms with E-state index in [1.54, 1.807) is 0 Å². The summed E-state index contributed by atoms with van der Waals surface area (Å²) >= 11 is 0. The van der Waals surface area contributed by atoms with Gasteiger partial charge in [0.15, 0.2) is 0 Å². The molecule has 0 unspecified atom stereocenters. The van der Waals surface area contributed by atoms with Gasteiger partial charge >= 0.3 is 0 Å². The van der Waals surface area contributed by atoms with Crippen LogP contribution in [0.25, 0.3) is 0 Å². The molecule has 1 rings (SSSR count). The lowest BCUT2D eigenvalue weighted by Crippen LogP contribution is -2.49. The summed E-state index contributed by atoms with van der Waals surface area (Å²) in [5.74, 6) is 0.612. The topological polar surface area (TPSA) is 98.1 Å². The van der Waals surface area contributed by atoms with E-state index >= 15 is 0 Å². The van der Waals surface area contributed by atoms with Crippen LogP contribution in [0, 0.1) is 5.92 Å². The highest BCUT2D eigenvalue weighted by Crippen LogP contribution is 2.06. The smallest absolute Gasteiger partial charge is 0.246 e. The lowest BCUT2D eigenvalue weighted by Gasteiger charge is -2.30. The second kappa shape index (κ2) is 14.1. The van der Waals surface area contributed by atoms with E-state index in [2.05, 4.69) is 48.9 Å². The maximum atomic E-state index is 12.1. The summed E-state index contributed by atoms with van der Waals surface area (Å²) in [6.45, 7) is 11.8. The molecule has 0 aliphatic rings. The Bertz CT molecular complexity index is 657. The molecule has 0 fully saturated rings. The van der Waals surface area contributed by atoms with E-state index in [0.717, 1.165) is 38.0 Å². The van der Waals surface area contributed by atoms with E-state index in [9.17, 15) is 9.59 Å². The monoisotopic (exact) mass is 439 g/mol. The minimum absolute atomic E-state index is 0.0463. The molecule has 1 heterocycles. The first-order valence-corrected chi connectivity index (χ1v) is 11.4. The van der Waals surface area contributed by atoms with Crippen molar-refractivity contribution in [3.63, 3.8) is 0 Å². The fraction of sp³-hybridized carbons (Fsp3) is 0.818. The average molecular weight is 440 g/mol. The molecule has 0 aliphatic carbocycles. The Morgan fingerprint density at radius 2 is 1.74 bits per heavy atom. The van der Waals surface area contributed by atoms with Crippen molar-refractivity contribution in [2.75, 3.05) is 46.9 Å². The molecule has 0 saturated carbocycles. The predicted molar refractivity (Wildman–Crippen MR) is 121 cm³/mol. The van der Waals surface area contributed by atoms with Crippen molar-refractivity contribution in [2.45, 2.75) is 66.0 Å². The Labute approximate surface area is 187 Å². The van der Waals surface area contributed by atoms with Crippen LogP contribution in [-0.4, -0.2) is 84.3 Å². The van der Waals surface area contributed by atoms with Gasteiger partial charge in [-0.3, -0.25) is 14.3 Å². The standard InChI is InChI=1S/C22H42N6O3/c1-18(2)9-10-20-16-27(26-25-20)13-7-8-21(29)23-11-14-28(5,6)15-12-24-22(30)17-31-19(3)4/h16,18-19H,7-15,17H2,1-6H3,(H-,23,24,29,30)/p+1. The number of aryl methyl sites for hydroxylation is 2. The van der Waals surface area contributed by atoms with E-state index in [4.69, 9.17) is 4.74 Å². The van der Waals surface area contributed by atoms with Crippen molar-refractivity contribution >= 4 is 11.8 Å². The second-order valence-corrected chi connectivity index (χ2v) is 9.45. The molecule has 178 valence electrons. The zero-order valence-corrected chi connectivity index (χ0v) is 20.3. The summed E-state index contributed by atoms with van der Waals surface area (Å²) in [6.07, 6.45) is 5.29. The van der Waals surface area contributed by atoms with Gasteiger partial charge in [-0.15, -0.1) is 5.10 Å². The molecule has 2 amide bonds. The van der Waals surface area contributed by atoms with Crippen LogP contribution in [-0.2, 0) is 27.3 Å². The van der Waals surface area contributed by atoms with Crippen molar-refractivity contribution in [2.24, 2.45) is 5.92 Å². The zero-order chi connectivity index (χ0) is 23.3. The lowest BCUT2D eigenvalue weighted by molar-refractivity contribution is -0.887. The van der Waals surface area contributed by atoms with Crippen LogP contribution in [0.5, 0.6) is 0 Å². The highest BCUT2D eigenvalue weighted by atomic mass is 16.5. The van der Waals surface area contributed by atoms with Crippen LogP contribution in [0.1, 0.15) is 52.7 Å². The minimum Gasteiger partial charge on any atom is -0.369 e. The normalized spacial score (nSPS) is 11.9. The van der Waals surface area contributed by atoms with Crippen molar-refractivity contribution in [3.05, 3.63) is 11.9 Å². The number of nitrogens with zero attached hydrogens (tertiary/aromatic N) is 4. The van der Waals surface area contributed by atoms with Gasteiger partial charge in [-0.2, -0.15) is 0 Å². The molecule has 0 aliphatic heterocycles. The number of amides is 2. The summed E-state index contributed by atoms with van der Waals surface area (Å²) in [5, 5.41) is 14.2.